The number of methoxy groups -OCH3 is 1. The molecule has 1 unspecified atom stereocenters. The summed E-state index contributed by atoms with van der Waals surface area (Å²) in [5.74, 6) is 1.31. The largest absolute Gasteiger partial charge is 0.495 e. The Bertz CT molecular complexity index is 939. The first kappa shape index (κ1) is 19.4. The van der Waals surface area contributed by atoms with Crippen molar-refractivity contribution in [3.8, 4) is 23.3 Å². The molecule has 1 aliphatic heterocycles. The number of benzene rings is 2. The fourth-order valence-corrected chi connectivity index (χ4v) is 2.80. The van der Waals surface area contributed by atoms with Gasteiger partial charge < -0.3 is 24.8 Å². The number of rotatable bonds is 6. The van der Waals surface area contributed by atoms with Crippen LogP contribution in [0.5, 0.6) is 17.2 Å². The minimum absolute atomic E-state index is 0.0796. The van der Waals surface area contributed by atoms with Gasteiger partial charge in [0.15, 0.2) is 11.5 Å². The maximum absolute atomic E-state index is 12.3. The zero-order valence-electron chi connectivity index (χ0n) is 15.1. The average Bonchev–Trinajstić information content (AvgIpc) is 2.71. The topological polar surface area (TPSA) is 92.6 Å². The van der Waals surface area contributed by atoms with Gasteiger partial charge in [-0.15, -0.1) is 0 Å². The molecule has 0 aliphatic carbocycles. The number of carbonyl (C=O) groups excluding carboxylic acids is 1. The number of para-hydroxylation sites is 2. The van der Waals surface area contributed by atoms with Gasteiger partial charge in [-0.05, 0) is 30.3 Å². The van der Waals surface area contributed by atoms with Gasteiger partial charge in [-0.2, -0.15) is 5.26 Å². The molecule has 8 heteroatoms. The number of nitriles is 1. The predicted octanol–water partition coefficient (Wildman–Crippen LogP) is 3.12. The molecule has 0 saturated carbocycles. The van der Waals surface area contributed by atoms with Gasteiger partial charge in [-0.3, -0.25) is 4.79 Å². The molecule has 0 aromatic heterocycles. The Hall–Kier alpha value is -3.37. The molecule has 1 heterocycles. The second-order valence-electron chi connectivity index (χ2n) is 5.88. The zero-order valence-corrected chi connectivity index (χ0v) is 15.8. The molecule has 1 aliphatic rings. The second kappa shape index (κ2) is 9.02. The van der Waals surface area contributed by atoms with Crippen molar-refractivity contribution in [1.82, 2.24) is 5.32 Å². The van der Waals surface area contributed by atoms with Crippen molar-refractivity contribution in [2.75, 3.05) is 25.6 Å². The van der Waals surface area contributed by atoms with Crippen LogP contribution >= 0.6 is 11.6 Å². The molecule has 144 valence electrons. The zero-order chi connectivity index (χ0) is 19.9. The number of fused-ring (bicyclic) bond motifs is 1. The average molecular weight is 400 g/mol. The molecule has 0 radical (unpaired) electrons. The van der Waals surface area contributed by atoms with Gasteiger partial charge in [-0.1, -0.05) is 23.7 Å². The molecule has 0 spiro atoms. The first-order valence-electron chi connectivity index (χ1n) is 8.47. The van der Waals surface area contributed by atoms with E-state index in [1.54, 1.807) is 18.2 Å². The summed E-state index contributed by atoms with van der Waals surface area (Å²) in [6, 6.07) is 14.1. The number of ether oxygens (including phenoxy) is 3. The van der Waals surface area contributed by atoms with Gasteiger partial charge in [0, 0.05) is 11.9 Å². The number of hydrogen-bond acceptors (Lipinski definition) is 6. The van der Waals surface area contributed by atoms with Crippen LogP contribution in [0.3, 0.4) is 0 Å². The molecule has 1 atom stereocenters. The van der Waals surface area contributed by atoms with Crippen LogP contribution in [0.15, 0.2) is 54.2 Å². The Labute approximate surface area is 167 Å². The van der Waals surface area contributed by atoms with Crippen molar-refractivity contribution in [3.63, 3.8) is 0 Å². The fourth-order valence-electron chi connectivity index (χ4n) is 2.55. The molecule has 2 aromatic rings. The summed E-state index contributed by atoms with van der Waals surface area (Å²) in [5, 5.41) is 15.2. The van der Waals surface area contributed by atoms with Crippen LogP contribution in [-0.4, -0.2) is 32.3 Å². The summed E-state index contributed by atoms with van der Waals surface area (Å²) in [7, 11) is 1.50. The maximum atomic E-state index is 12.3. The van der Waals surface area contributed by atoms with Gasteiger partial charge in [0.05, 0.1) is 18.7 Å². The second-order valence-corrected chi connectivity index (χ2v) is 6.29. The minimum Gasteiger partial charge on any atom is -0.495 e. The lowest BCUT2D eigenvalue weighted by atomic mass is 10.2. The lowest BCUT2D eigenvalue weighted by Crippen LogP contribution is -2.37. The molecule has 0 fully saturated rings. The molecule has 1 amide bonds. The molecular weight excluding hydrogens is 382 g/mol. The standard InChI is InChI=1S/C20H18ClN3O4/c1-26-17-7-6-14(8-16(17)21)24-20(25)13(9-22)10-23-11-15-12-27-18-4-2-3-5-19(18)28-15/h2-8,10,15,23H,11-12H2,1H3,(H,24,25)/b13-10-. The number of nitrogens with zero attached hydrogens (tertiary/aromatic N) is 1. The third-order valence-corrected chi connectivity index (χ3v) is 4.23. The van der Waals surface area contributed by atoms with E-state index in [1.165, 1.54) is 13.3 Å². The van der Waals surface area contributed by atoms with E-state index in [0.29, 0.717) is 41.1 Å². The van der Waals surface area contributed by atoms with Crippen molar-refractivity contribution in [3.05, 3.63) is 59.3 Å². The lowest BCUT2D eigenvalue weighted by Gasteiger charge is -2.26. The van der Waals surface area contributed by atoms with Crippen LogP contribution in [0.4, 0.5) is 5.69 Å². The third-order valence-electron chi connectivity index (χ3n) is 3.93. The van der Waals surface area contributed by atoms with Crippen LogP contribution in [0, 0.1) is 11.3 Å². The molecule has 2 N–H and O–H groups in total. The van der Waals surface area contributed by atoms with Crippen LogP contribution in [0.2, 0.25) is 5.02 Å². The Morgan fingerprint density at radius 1 is 1.36 bits per heavy atom. The summed E-state index contributed by atoms with van der Waals surface area (Å²) < 4.78 is 16.5. The van der Waals surface area contributed by atoms with Gasteiger partial charge in [0.25, 0.3) is 5.91 Å². The maximum Gasteiger partial charge on any atom is 0.267 e. The van der Waals surface area contributed by atoms with E-state index in [2.05, 4.69) is 10.6 Å². The van der Waals surface area contributed by atoms with E-state index >= 15 is 0 Å². The molecule has 28 heavy (non-hydrogen) atoms. The summed E-state index contributed by atoms with van der Waals surface area (Å²) in [4.78, 5) is 12.3. The lowest BCUT2D eigenvalue weighted by molar-refractivity contribution is -0.112. The van der Waals surface area contributed by atoms with Gasteiger partial charge >= 0.3 is 0 Å². The normalized spacial score (nSPS) is 15.3. The van der Waals surface area contributed by atoms with Crippen molar-refractivity contribution < 1.29 is 19.0 Å². The van der Waals surface area contributed by atoms with E-state index in [-0.39, 0.29) is 11.7 Å². The Balaban J connectivity index is 1.56. The van der Waals surface area contributed by atoms with Crippen molar-refractivity contribution >= 4 is 23.2 Å². The number of halogens is 1. The highest BCUT2D eigenvalue weighted by atomic mass is 35.5. The molecule has 3 rings (SSSR count). The highest BCUT2D eigenvalue weighted by Crippen LogP contribution is 2.30. The SMILES string of the molecule is COc1ccc(NC(=O)/C(C#N)=C\NCC2COc3ccccc3O2)cc1Cl. The molecular formula is C20H18ClN3O4. The number of hydrogen-bond donors (Lipinski definition) is 2. The first-order valence-corrected chi connectivity index (χ1v) is 8.85. The van der Waals surface area contributed by atoms with Crippen molar-refractivity contribution in [2.45, 2.75) is 6.10 Å². The highest BCUT2D eigenvalue weighted by molar-refractivity contribution is 6.32. The molecule has 2 aromatic carbocycles. The van der Waals surface area contributed by atoms with Crippen molar-refractivity contribution in [1.29, 1.82) is 5.26 Å². The monoisotopic (exact) mass is 399 g/mol. The number of amides is 1. The number of anilines is 1. The molecule has 7 nitrogen and oxygen atoms in total. The first-order chi connectivity index (χ1) is 13.6. The summed E-state index contributed by atoms with van der Waals surface area (Å²) in [6.45, 7) is 0.747. The quantitative estimate of drug-likeness (QED) is 0.572. The molecule has 0 saturated heterocycles. The van der Waals surface area contributed by atoms with E-state index < -0.39 is 5.91 Å². The molecule has 0 bridgehead atoms. The van der Waals surface area contributed by atoms with E-state index in [0.717, 1.165) is 0 Å². The highest BCUT2D eigenvalue weighted by Gasteiger charge is 2.20. The smallest absolute Gasteiger partial charge is 0.267 e. The van der Waals surface area contributed by atoms with Crippen LogP contribution in [0.1, 0.15) is 0 Å². The van der Waals surface area contributed by atoms with E-state index in [4.69, 9.17) is 25.8 Å². The number of nitrogens with one attached hydrogen (secondary N) is 2. The van der Waals surface area contributed by atoms with Gasteiger partial charge in [0.1, 0.15) is 30.1 Å². The van der Waals surface area contributed by atoms with Gasteiger partial charge in [0.2, 0.25) is 0 Å². The summed E-state index contributed by atoms with van der Waals surface area (Å²) in [6.07, 6.45) is 1.11. The number of carbonyl (C=O) groups is 1. The van der Waals surface area contributed by atoms with E-state index in [1.807, 2.05) is 30.3 Å². The third kappa shape index (κ3) is 4.67. The van der Waals surface area contributed by atoms with Crippen LogP contribution < -0.4 is 24.8 Å². The Morgan fingerprint density at radius 3 is 2.86 bits per heavy atom. The Morgan fingerprint density at radius 2 is 2.14 bits per heavy atom. The van der Waals surface area contributed by atoms with E-state index in [9.17, 15) is 10.1 Å². The summed E-state index contributed by atoms with van der Waals surface area (Å²) >= 11 is 6.04. The van der Waals surface area contributed by atoms with Crippen molar-refractivity contribution in [2.24, 2.45) is 0 Å². The predicted molar refractivity (Wildman–Crippen MR) is 105 cm³/mol. The van der Waals surface area contributed by atoms with Crippen LogP contribution in [-0.2, 0) is 4.79 Å². The fraction of sp³-hybridized carbons (Fsp3) is 0.200. The summed E-state index contributed by atoms with van der Waals surface area (Å²) in [5.41, 5.74) is 0.377. The minimum atomic E-state index is -0.553. The Kier molecular flexibility index (Phi) is 6.25. The van der Waals surface area contributed by atoms with Gasteiger partial charge in [-0.25, -0.2) is 0 Å². The van der Waals surface area contributed by atoms with Crippen LogP contribution in [0.25, 0.3) is 0 Å².